The third-order valence-electron chi connectivity index (χ3n) is 4.09. The number of anilines is 2. The average Bonchev–Trinajstić information content (AvgIpc) is 2.82. The van der Waals surface area contributed by atoms with Gasteiger partial charge in [0.1, 0.15) is 6.42 Å². The van der Waals surface area contributed by atoms with Crippen LogP contribution in [0.15, 0.2) is 48.5 Å². The lowest BCUT2D eigenvalue weighted by Crippen LogP contribution is -2.37. The van der Waals surface area contributed by atoms with E-state index in [1.807, 2.05) is 62.4 Å². The lowest BCUT2D eigenvalue weighted by Gasteiger charge is -2.22. The predicted octanol–water partition coefficient (Wildman–Crippen LogP) is 3.30. The lowest BCUT2D eigenvalue weighted by atomic mass is 10.1. The van der Waals surface area contributed by atoms with Gasteiger partial charge in [-0.25, -0.2) is 0 Å². The summed E-state index contributed by atoms with van der Waals surface area (Å²) in [4.78, 5) is 26.4. The monoisotopic (exact) mass is 308 g/mol. The third kappa shape index (κ3) is 3.26. The van der Waals surface area contributed by atoms with E-state index in [0.29, 0.717) is 0 Å². The first-order valence-corrected chi connectivity index (χ1v) is 7.81. The Morgan fingerprint density at radius 1 is 1.17 bits per heavy atom. The summed E-state index contributed by atoms with van der Waals surface area (Å²) in [5, 5.41) is 2.79. The van der Waals surface area contributed by atoms with Crippen LogP contribution < -0.4 is 10.2 Å². The van der Waals surface area contributed by atoms with Crippen LogP contribution in [0.2, 0.25) is 0 Å². The highest BCUT2D eigenvalue weighted by molar-refractivity contribution is 6.10. The number of carbonyl (C=O) groups excluding carboxylic acids is 2. The van der Waals surface area contributed by atoms with Crippen LogP contribution in [-0.2, 0) is 16.0 Å². The number of hydrogen-bond donors (Lipinski definition) is 1. The Bertz CT molecular complexity index is 755. The van der Waals surface area contributed by atoms with E-state index in [9.17, 15) is 9.59 Å². The van der Waals surface area contributed by atoms with Gasteiger partial charge in [-0.2, -0.15) is 0 Å². The molecule has 1 atom stereocenters. The van der Waals surface area contributed by atoms with E-state index in [-0.39, 0.29) is 24.3 Å². The van der Waals surface area contributed by atoms with E-state index in [4.69, 9.17) is 0 Å². The zero-order valence-corrected chi connectivity index (χ0v) is 13.4. The molecule has 1 heterocycles. The molecule has 2 aromatic carbocycles. The Morgan fingerprint density at radius 2 is 1.96 bits per heavy atom. The Labute approximate surface area is 136 Å². The van der Waals surface area contributed by atoms with Crippen LogP contribution >= 0.6 is 0 Å². The van der Waals surface area contributed by atoms with Crippen molar-refractivity contribution in [3.8, 4) is 0 Å². The van der Waals surface area contributed by atoms with Crippen molar-refractivity contribution in [2.45, 2.75) is 32.7 Å². The Balaban J connectivity index is 1.68. The number of hydrogen-bond acceptors (Lipinski definition) is 2. The largest absolute Gasteiger partial charge is 0.326 e. The molecule has 4 nitrogen and oxygen atoms in total. The van der Waals surface area contributed by atoms with E-state index in [2.05, 4.69) is 5.32 Å². The molecule has 0 saturated carbocycles. The van der Waals surface area contributed by atoms with Crippen molar-refractivity contribution < 1.29 is 9.59 Å². The number of nitrogens with zero attached hydrogens (tertiary/aromatic N) is 1. The van der Waals surface area contributed by atoms with Gasteiger partial charge in [-0.15, -0.1) is 0 Å². The maximum Gasteiger partial charge on any atom is 0.236 e. The van der Waals surface area contributed by atoms with E-state index in [0.717, 1.165) is 28.9 Å². The van der Waals surface area contributed by atoms with Crippen LogP contribution in [0, 0.1) is 6.92 Å². The first kappa shape index (κ1) is 15.3. The Kier molecular flexibility index (Phi) is 4.15. The molecule has 2 amide bonds. The zero-order valence-electron chi connectivity index (χ0n) is 13.4. The molecule has 1 aliphatic heterocycles. The number of fused-ring (bicyclic) bond motifs is 1. The minimum absolute atomic E-state index is 0.0895. The first-order chi connectivity index (χ1) is 11.0. The Hall–Kier alpha value is -2.62. The molecule has 0 fully saturated rings. The van der Waals surface area contributed by atoms with Crippen LogP contribution in [0.1, 0.15) is 24.5 Å². The molecule has 1 aliphatic rings. The summed E-state index contributed by atoms with van der Waals surface area (Å²) in [7, 11) is 0. The fourth-order valence-electron chi connectivity index (χ4n) is 3.10. The highest BCUT2D eigenvalue weighted by Gasteiger charge is 2.31. The van der Waals surface area contributed by atoms with E-state index >= 15 is 0 Å². The number of amides is 2. The highest BCUT2D eigenvalue weighted by Crippen LogP contribution is 2.32. The van der Waals surface area contributed by atoms with Crippen molar-refractivity contribution in [3.63, 3.8) is 0 Å². The molecule has 0 saturated heterocycles. The van der Waals surface area contributed by atoms with Crippen molar-refractivity contribution >= 4 is 23.2 Å². The molecule has 0 spiro atoms. The fraction of sp³-hybridized carbons (Fsp3) is 0.263. The summed E-state index contributed by atoms with van der Waals surface area (Å²) in [6, 6.07) is 15.5. The third-order valence-corrected chi connectivity index (χ3v) is 4.09. The van der Waals surface area contributed by atoms with Gasteiger partial charge in [-0.3, -0.25) is 9.59 Å². The van der Waals surface area contributed by atoms with Gasteiger partial charge in [0, 0.05) is 17.4 Å². The highest BCUT2D eigenvalue weighted by atomic mass is 16.2. The van der Waals surface area contributed by atoms with Crippen molar-refractivity contribution in [3.05, 3.63) is 59.7 Å². The maximum absolute atomic E-state index is 12.6. The van der Waals surface area contributed by atoms with Gasteiger partial charge < -0.3 is 10.2 Å². The topological polar surface area (TPSA) is 49.4 Å². The van der Waals surface area contributed by atoms with Crippen molar-refractivity contribution in [1.29, 1.82) is 0 Å². The molecule has 0 bridgehead atoms. The number of carbonyl (C=O) groups is 2. The van der Waals surface area contributed by atoms with Gasteiger partial charge in [0.05, 0.1) is 0 Å². The molecule has 23 heavy (non-hydrogen) atoms. The summed E-state index contributed by atoms with van der Waals surface area (Å²) < 4.78 is 0. The SMILES string of the molecule is Cc1cccc(NC(=O)CC(=O)N2c3ccccc3CC2C)c1. The van der Waals surface area contributed by atoms with Gasteiger partial charge in [0.15, 0.2) is 0 Å². The predicted molar refractivity (Wildman–Crippen MR) is 91.5 cm³/mol. The summed E-state index contributed by atoms with van der Waals surface area (Å²) in [5.74, 6) is -0.440. The molecule has 0 aliphatic carbocycles. The van der Waals surface area contributed by atoms with Gasteiger partial charge >= 0.3 is 0 Å². The molecule has 0 aromatic heterocycles. The van der Waals surface area contributed by atoms with Crippen molar-refractivity contribution in [1.82, 2.24) is 0 Å². The van der Waals surface area contributed by atoms with Crippen LogP contribution in [0.3, 0.4) is 0 Å². The summed E-state index contributed by atoms with van der Waals surface area (Å²) in [6.07, 6.45) is 0.689. The van der Waals surface area contributed by atoms with E-state index in [1.165, 1.54) is 0 Å². The second-order valence-corrected chi connectivity index (χ2v) is 6.04. The molecule has 4 heteroatoms. The molecule has 118 valence electrons. The quantitative estimate of drug-likeness (QED) is 0.885. The van der Waals surface area contributed by atoms with Gasteiger partial charge in [0.25, 0.3) is 0 Å². The molecule has 1 unspecified atom stereocenters. The van der Waals surface area contributed by atoms with Crippen LogP contribution in [0.5, 0.6) is 0 Å². The Morgan fingerprint density at radius 3 is 2.74 bits per heavy atom. The molecule has 0 radical (unpaired) electrons. The number of nitrogens with one attached hydrogen (secondary N) is 1. The minimum Gasteiger partial charge on any atom is -0.326 e. The molecule has 1 N–H and O–H groups in total. The lowest BCUT2D eigenvalue weighted by molar-refractivity contribution is -0.125. The first-order valence-electron chi connectivity index (χ1n) is 7.81. The van der Waals surface area contributed by atoms with Crippen molar-refractivity contribution in [2.24, 2.45) is 0 Å². The second-order valence-electron chi connectivity index (χ2n) is 6.04. The molecule has 2 aromatic rings. The summed E-state index contributed by atoms with van der Waals surface area (Å²) >= 11 is 0. The average molecular weight is 308 g/mol. The normalized spacial score (nSPS) is 16.1. The number of rotatable bonds is 3. The van der Waals surface area contributed by atoms with Gasteiger partial charge in [-0.05, 0) is 49.6 Å². The number of para-hydroxylation sites is 1. The van der Waals surface area contributed by atoms with Gasteiger partial charge in [0.2, 0.25) is 11.8 Å². The molecule has 3 rings (SSSR count). The van der Waals surface area contributed by atoms with E-state index in [1.54, 1.807) is 4.90 Å². The van der Waals surface area contributed by atoms with Crippen LogP contribution in [-0.4, -0.2) is 17.9 Å². The number of benzene rings is 2. The smallest absolute Gasteiger partial charge is 0.236 e. The van der Waals surface area contributed by atoms with E-state index < -0.39 is 0 Å². The summed E-state index contributed by atoms with van der Waals surface area (Å²) in [6.45, 7) is 3.97. The standard InChI is InChI=1S/C19H20N2O2/c1-13-6-5-8-16(10-13)20-18(22)12-19(23)21-14(2)11-15-7-3-4-9-17(15)21/h3-10,14H,11-12H2,1-2H3,(H,20,22). The minimum atomic E-state index is -0.280. The van der Waals surface area contributed by atoms with Gasteiger partial charge in [-0.1, -0.05) is 30.3 Å². The second kappa shape index (κ2) is 6.24. The molecular formula is C19H20N2O2. The fourth-order valence-corrected chi connectivity index (χ4v) is 3.10. The van der Waals surface area contributed by atoms with Crippen molar-refractivity contribution in [2.75, 3.05) is 10.2 Å². The zero-order chi connectivity index (χ0) is 16.4. The summed E-state index contributed by atoms with van der Waals surface area (Å²) in [5.41, 5.74) is 3.87. The maximum atomic E-state index is 12.6. The van der Waals surface area contributed by atoms with Crippen LogP contribution in [0.4, 0.5) is 11.4 Å². The molecular weight excluding hydrogens is 288 g/mol. The number of aryl methyl sites for hydroxylation is 1. The van der Waals surface area contributed by atoms with Crippen LogP contribution in [0.25, 0.3) is 0 Å².